The van der Waals surface area contributed by atoms with E-state index in [2.05, 4.69) is 10.6 Å². The van der Waals surface area contributed by atoms with E-state index in [1.807, 2.05) is 18.2 Å². The van der Waals surface area contributed by atoms with Crippen molar-refractivity contribution in [1.82, 2.24) is 15.5 Å². The van der Waals surface area contributed by atoms with Crippen molar-refractivity contribution in [2.45, 2.75) is 87.9 Å². The topological polar surface area (TPSA) is 136 Å². The summed E-state index contributed by atoms with van der Waals surface area (Å²) in [5.41, 5.74) is -1.17. The predicted molar refractivity (Wildman–Crippen MR) is 138 cm³/mol. The highest BCUT2D eigenvalue weighted by molar-refractivity contribution is 5.96. The highest BCUT2D eigenvalue weighted by Gasteiger charge is 2.55. The summed E-state index contributed by atoms with van der Waals surface area (Å²) in [6.07, 6.45) is 7.20. The number of carbonyl (C=O) groups excluding carboxylic acids is 4. The fourth-order valence-electron chi connectivity index (χ4n) is 7.34. The molecule has 2 saturated carbocycles. The second kappa shape index (κ2) is 11.1. The van der Waals surface area contributed by atoms with Crippen LogP contribution in [0.15, 0.2) is 30.3 Å². The van der Waals surface area contributed by atoms with Gasteiger partial charge in [-0.1, -0.05) is 43.2 Å². The summed E-state index contributed by atoms with van der Waals surface area (Å²) in [6.45, 7) is -0.223. The van der Waals surface area contributed by atoms with Crippen LogP contribution in [0.4, 0.5) is 0 Å². The van der Waals surface area contributed by atoms with Gasteiger partial charge in [-0.25, -0.2) is 0 Å². The average molecular weight is 526 g/mol. The van der Waals surface area contributed by atoms with E-state index in [0.717, 1.165) is 51.4 Å². The maximum atomic E-state index is 14.4. The summed E-state index contributed by atoms with van der Waals surface area (Å²) in [5.74, 6) is -2.30. The van der Waals surface area contributed by atoms with Crippen LogP contribution in [0, 0.1) is 17.8 Å². The summed E-state index contributed by atoms with van der Waals surface area (Å²) >= 11 is 0. The van der Waals surface area contributed by atoms with Gasteiger partial charge in [0.05, 0.1) is 6.04 Å². The SMILES string of the molecule is O=C1NCC[C@H]1C[C@@H](NC(=O)[C@H]1C2CCC(CC2)N1C(=O)[C@@](O)(c1ccccc1)C1CCCC1)C(=O)CO. The first-order valence-electron chi connectivity index (χ1n) is 14.2. The highest BCUT2D eigenvalue weighted by atomic mass is 16.3. The Morgan fingerprint density at radius 1 is 1.03 bits per heavy atom. The van der Waals surface area contributed by atoms with E-state index in [4.69, 9.17) is 0 Å². The van der Waals surface area contributed by atoms with Crippen LogP contribution in [0.5, 0.6) is 0 Å². The maximum absolute atomic E-state index is 14.4. The third-order valence-corrected chi connectivity index (χ3v) is 9.41. The molecule has 2 bridgehead atoms. The van der Waals surface area contributed by atoms with Crippen molar-refractivity contribution in [3.05, 3.63) is 35.9 Å². The number of ketones is 1. The van der Waals surface area contributed by atoms with Crippen LogP contribution < -0.4 is 10.6 Å². The third kappa shape index (κ3) is 4.86. The van der Waals surface area contributed by atoms with Crippen molar-refractivity contribution in [3.8, 4) is 0 Å². The minimum atomic E-state index is -1.73. The number of rotatable bonds is 9. The lowest BCUT2D eigenvalue weighted by Gasteiger charge is -2.53. The Hall–Kier alpha value is -2.78. The molecule has 0 aromatic heterocycles. The van der Waals surface area contributed by atoms with Crippen LogP contribution in [0.1, 0.15) is 69.8 Å². The first-order valence-corrected chi connectivity index (χ1v) is 14.2. The molecule has 0 spiro atoms. The fraction of sp³-hybridized carbons (Fsp3) is 0.655. The number of Topliss-reactive ketones (excluding diaryl/α,β-unsaturated/α-hetero) is 1. The van der Waals surface area contributed by atoms with Gasteiger partial charge in [-0.2, -0.15) is 0 Å². The number of hydrogen-bond donors (Lipinski definition) is 4. The Labute approximate surface area is 223 Å². The molecule has 4 atom stereocenters. The lowest BCUT2D eigenvalue weighted by atomic mass is 9.71. The van der Waals surface area contributed by atoms with Crippen LogP contribution in [0.25, 0.3) is 0 Å². The Bertz CT molecular complexity index is 1050. The second-order valence-corrected chi connectivity index (χ2v) is 11.5. The van der Waals surface area contributed by atoms with E-state index in [-0.39, 0.29) is 30.2 Å². The fourth-order valence-corrected chi connectivity index (χ4v) is 7.34. The van der Waals surface area contributed by atoms with E-state index in [1.54, 1.807) is 17.0 Å². The van der Waals surface area contributed by atoms with Crippen LogP contribution >= 0.6 is 0 Å². The number of aliphatic hydroxyl groups excluding tert-OH is 1. The quantitative estimate of drug-likeness (QED) is 0.385. The molecule has 1 aromatic carbocycles. The van der Waals surface area contributed by atoms with E-state index in [9.17, 15) is 29.4 Å². The van der Waals surface area contributed by atoms with Crippen molar-refractivity contribution in [3.63, 3.8) is 0 Å². The van der Waals surface area contributed by atoms with E-state index >= 15 is 0 Å². The van der Waals surface area contributed by atoms with Gasteiger partial charge in [-0.3, -0.25) is 19.2 Å². The first-order chi connectivity index (χ1) is 18.3. The zero-order chi connectivity index (χ0) is 26.9. The number of fused-ring (bicyclic) bond motifs is 3. The molecule has 9 heteroatoms. The molecule has 0 radical (unpaired) electrons. The summed E-state index contributed by atoms with van der Waals surface area (Å²) in [5, 5.41) is 27.3. The number of nitrogens with zero attached hydrogens (tertiary/aromatic N) is 1. The van der Waals surface area contributed by atoms with Gasteiger partial charge >= 0.3 is 0 Å². The molecule has 1 aromatic rings. The summed E-state index contributed by atoms with van der Waals surface area (Å²) in [4.78, 5) is 54.7. The van der Waals surface area contributed by atoms with E-state index in [0.29, 0.717) is 18.5 Å². The van der Waals surface area contributed by atoms with Crippen LogP contribution in [-0.4, -0.2) is 69.9 Å². The van der Waals surface area contributed by atoms with Crippen LogP contribution in [-0.2, 0) is 24.8 Å². The van der Waals surface area contributed by atoms with Gasteiger partial charge < -0.3 is 25.7 Å². The van der Waals surface area contributed by atoms with E-state index < -0.39 is 47.8 Å². The number of aliphatic hydroxyl groups is 2. The molecule has 2 aliphatic carbocycles. The van der Waals surface area contributed by atoms with Crippen LogP contribution in [0.2, 0.25) is 0 Å². The number of amides is 3. The minimum Gasteiger partial charge on any atom is -0.389 e. The molecule has 4 N–H and O–H groups in total. The van der Waals surface area contributed by atoms with Crippen molar-refractivity contribution in [2.75, 3.05) is 13.2 Å². The molecule has 5 aliphatic rings. The van der Waals surface area contributed by atoms with Crippen molar-refractivity contribution in [2.24, 2.45) is 17.8 Å². The molecule has 3 heterocycles. The van der Waals surface area contributed by atoms with Gasteiger partial charge in [-0.05, 0) is 62.8 Å². The van der Waals surface area contributed by atoms with Gasteiger partial charge in [0.2, 0.25) is 11.8 Å². The first kappa shape index (κ1) is 26.8. The van der Waals surface area contributed by atoms with Gasteiger partial charge in [-0.15, -0.1) is 0 Å². The molecule has 5 fully saturated rings. The number of benzene rings is 1. The number of nitrogens with one attached hydrogen (secondary N) is 2. The Balaban J connectivity index is 1.44. The molecule has 3 aliphatic heterocycles. The molecule has 6 rings (SSSR count). The molecule has 206 valence electrons. The Morgan fingerprint density at radius 3 is 2.32 bits per heavy atom. The van der Waals surface area contributed by atoms with Gasteiger partial charge in [0, 0.05) is 24.4 Å². The zero-order valence-corrected chi connectivity index (χ0v) is 21.8. The minimum absolute atomic E-state index is 0.0767. The number of carbonyl (C=O) groups is 4. The Kier molecular flexibility index (Phi) is 7.86. The monoisotopic (exact) mass is 525 g/mol. The average Bonchev–Trinajstić information content (AvgIpc) is 3.64. The highest BCUT2D eigenvalue weighted by Crippen LogP contribution is 2.46. The molecular formula is C29H39N3O6. The van der Waals surface area contributed by atoms with Crippen LogP contribution in [0.3, 0.4) is 0 Å². The van der Waals surface area contributed by atoms with Gasteiger partial charge in [0.15, 0.2) is 11.4 Å². The van der Waals surface area contributed by atoms with Gasteiger partial charge in [0.1, 0.15) is 12.6 Å². The number of piperidine rings is 2. The molecule has 3 saturated heterocycles. The Morgan fingerprint density at radius 2 is 1.71 bits per heavy atom. The summed E-state index contributed by atoms with van der Waals surface area (Å²) in [7, 11) is 0. The smallest absolute Gasteiger partial charge is 0.260 e. The van der Waals surface area contributed by atoms with E-state index in [1.165, 1.54) is 0 Å². The van der Waals surface area contributed by atoms with Gasteiger partial charge in [0.25, 0.3) is 5.91 Å². The lowest BCUT2D eigenvalue weighted by Crippen LogP contribution is -2.67. The summed E-state index contributed by atoms with van der Waals surface area (Å²) in [6, 6.07) is 7.09. The zero-order valence-electron chi connectivity index (χ0n) is 21.8. The third-order valence-electron chi connectivity index (χ3n) is 9.41. The molecule has 9 nitrogen and oxygen atoms in total. The lowest BCUT2D eigenvalue weighted by molar-refractivity contribution is -0.176. The molecule has 38 heavy (non-hydrogen) atoms. The number of hydrogen-bond acceptors (Lipinski definition) is 6. The van der Waals surface area contributed by atoms with Crippen molar-refractivity contribution < 1.29 is 29.4 Å². The molecular weight excluding hydrogens is 486 g/mol. The second-order valence-electron chi connectivity index (χ2n) is 11.5. The molecule has 0 unspecified atom stereocenters. The largest absolute Gasteiger partial charge is 0.389 e. The molecule has 3 amide bonds. The maximum Gasteiger partial charge on any atom is 0.260 e. The normalized spacial score (nSPS) is 29.5. The predicted octanol–water partition coefficient (Wildman–Crippen LogP) is 1.41. The van der Waals surface area contributed by atoms with Crippen molar-refractivity contribution in [1.29, 1.82) is 0 Å². The van der Waals surface area contributed by atoms with Crippen molar-refractivity contribution >= 4 is 23.5 Å². The summed E-state index contributed by atoms with van der Waals surface area (Å²) < 4.78 is 0. The standard InChI is InChI=1S/C29H39N3O6/c33-17-24(34)23(16-19-14-15-30-26(19)35)31-27(36)25-18-10-12-22(13-11-18)32(25)28(37)29(38,21-8-4-5-9-21)20-6-2-1-3-7-20/h1-3,6-7,18-19,21-23,25,33,38H,4-5,8-17H2,(H,30,35)(H,31,36)/t18?,19-,22?,23+,25+,29+/m0/s1.